The van der Waals surface area contributed by atoms with Crippen molar-refractivity contribution in [1.82, 2.24) is 24.8 Å². The average Bonchev–Trinajstić information content (AvgIpc) is 3.27. The Bertz CT molecular complexity index is 1670. The molecule has 3 aromatic rings. The Hall–Kier alpha value is -3.76. The third kappa shape index (κ3) is 3.99. The van der Waals surface area contributed by atoms with E-state index in [1.54, 1.807) is 17.5 Å². The van der Waals surface area contributed by atoms with Crippen LogP contribution in [0.5, 0.6) is 6.01 Å². The summed E-state index contributed by atoms with van der Waals surface area (Å²) < 4.78 is 20.9. The lowest BCUT2D eigenvalue weighted by molar-refractivity contribution is 0.107. The Balaban J connectivity index is 1.12. The Morgan fingerprint density at radius 2 is 2.14 bits per heavy atom. The van der Waals surface area contributed by atoms with Gasteiger partial charge in [-0.2, -0.15) is 20.2 Å². The number of nitrogen functional groups attached to an aromatic ring is 2. The van der Waals surface area contributed by atoms with E-state index in [1.165, 1.54) is 4.88 Å². The first-order valence-electron chi connectivity index (χ1n) is 15.6. The predicted octanol–water partition coefficient (Wildman–Crippen LogP) is 3.78. The maximum Gasteiger partial charge on any atom is 0.323 e. The van der Waals surface area contributed by atoms with Crippen LogP contribution in [0.2, 0.25) is 0 Å². The number of thiophene rings is 1. The van der Waals surface area contributed by atoms with Gasteiger partial charge in [-0.05, 0) is 63.1 Å². The molecule has 3 saturated heterocycles. The second-order valence-electron chi connectivity index (χ2n) is 13.2. The van der Waals surface area contributed by atoms with E-state index in [4.69, 9.17) is 31.2 Å². The fraction of sp³-hybridized carbons (Fsp3) is 0.581. The quantitative estimate of drug-likeness (QED) is 0.381. The van der Waals surface area contributed by atoms with Crippen molar-refractivity contribution in [2.24, 2.45) is 5.92 Å². The van der Waals surface area contributed by atoms with E-state index < -0.39 is 6.17 Å². The number of fused-ring (bicyclic) bond motifs is 6. The zero-order chi connectivity index (χ0) is 30.4. The van der Waals surface area contributed by atoms with Crippen molar-refractivity contribution < 1.29 is 9.13 Å². The van der Waals surface area contributed by atoms with Crippen LogP contribution in [0.15, 0.2) is 18.3 Å². The second-order valence-corrected chi connectivity index (χ2v) is 14.3. The molecule has 4 fully saturated rings. The Morgan fingerprint density at radius 1 is 1.30 bits per heavy atom. The summed E-state index contributed by atoms with van der Waals surface area (Å²) in [6, 6.07) is 6.33. The largest absolute Gasteiger partial charge is 0.461 e. The van der Waals surface area contributed by atoms with Crippen molar-refractivity contribution in [3.63, 3.8) is 0 Å². The van der Waals surface area contributed by atoms with Gasteiger partial charge >= 0.3 is 6.01 Å². The third-order valence-corrected chi connectivity index (χ3v) is 12.0. The molecule has 4 N–H and O–H groups in total. The number of rotatable bonds is 8. The molecule has 11 nitrogen and oxygen atoms in total. The summed E-state index contributed by atoms with van der Waals surface area (Å²) in [6.45, 7) is 7.86. The van der Waals surface area contributed by atoms with E-state index in [1.807, 2.05) is 12.1 Å². The van der Waals surface area contributed by atoms with Crippen LogP contribution in [0.1, 0.15) is 73.1 Å². The van der Waals surface area contributed by atoms with E-state index in [0.717, 1.165) is 36.9 Å². The number of alkyl halides is 1. The molecule has 0 amide bonds. The minimum atomic E-state index is -0.839. The first kappa shape index (κ1) is 27.8. The lowest BCUT2D eigenvalue weighted by Crippen LogP contribution is -2.61. The molecule has 0 bridgehead atoms. The van der Waals surface area contributed by atoms with Gasteiger partial charge < -0.3 is 26.0 Å². The van der Waals surface area contributed by atoms with Crippen LogP contribution < -0.4 is 26.0 Å². The fourth-order valence-electron chi connectivity index (χ4n) is 8.64. The number of aromatic nitrogens is 4. The summed E-state index contributed by atoms with van der Waals surface area (Å²) >= 11 is 1.59. The first-order valence-corrected chi connectivity index (χ1v) is 16.4. The van der Waals surface area contributed by atoms with E-state index in [-0.39, 0.29) is 23.0 Å². The molecular weight excluding hydrogens is 579 g/mol. The van der Waals surface area contributed by atoms with Crippen molar-refractivity contribution in [3.8, 4) is 12.1 Å². The van der Waals surface area contributed by atoms with Gasteiger partial charge in [-0.25, -0.2) is 9.37 Å². The number of nitrogens with zero attached hydrogens (tertiary/aromatic N) is 8. The Labute approximate surface area is 260 Å². The third-order valence-electron chi connectivity index (χ3n) is 10.8. The maximum atomic E-state index is 14.5. The number of anilines is 4. The summed E-state index contributed by atoms with van der Waals surface area (Å²) in [5.41, 5.74) is 14.8. The number of hydrogen-bond donors (Lipinski definition) is 2. The number of halogens is 1. The molecule has 5 atom stereocenters. The Kier molecular flexibility index (Phi) is 6.23. The zero-order valence-electron chi connectivity index (χ0n) is 25.0. The van der Waals surface area contributed by atoms with Gasteiger partial charge in [-0.3, -0.25) is 4.90 Å². The van der Waals surface area contributed by atoms with Crippen molar-refractivity contribution >= 4 is 34.1 Å². The van der Waals surface area contributed by atoms with Crippen molar-refractivity contribution in [2.45, 2.75) is 68.6 Å². The molecule has 3 aromatic heterocycles. The van der Waals surface area contributed by atoms with E-state index in [0.29, 0.717) is 79.3 Å². The molecule has 44 heavy (non-hydrogen) atoms. The summed E-state index contributed by atoms with van der Waals surface area (Å²) in [7, 11) is 0. The van der Waals surface area contributed by atoms with Crippen LogP contribution in [-0.4, -0.2) is 75.9 Å². The molecule has 13 heteroatoms. The van der Waals surface area contributed by atoms with Gasteiger partial charge in [0.05, 0.1) is 17.1 Å². The molecule has 1 spiro atoms. The monoisotopic (exact) mass is 616 g/mol. The molecule has 2 aliphatic carbocycles. The van der Waals surface area contributed by atoms with Crippen LogP contribution >= 0.6 is 11.3 Å². The fourth-order valence-corrected chi connectivity index (χ4v) is 9.95. The van der Waals surface area contributed by atoms with Gasteiger partial charge in [0, 0.05) is 54.7 Å². The van der Waals surface area contributed by atoms with Gasteiger partial charge in [-0.1, -0.05) is 6.07 Å². The van der Waals surface area contributed by atoms with Crippen molar-refractivity contribution in [2.75, 3.05) is 60.6 Å². The number of pyridine rings is 1. The summed E-state index contributed by atoms with van der Waals surface area (Å²) in [5, 5.41) is 10.6. The molecule has 230 valence electrons. The van der Waals surface area contributed by atoms with Gasteiger partial charge in [0.1, 0.15) is 29.7 Å². The van der Waals surface area contributed by atoms with Crippen LogP contribution in [0, 0.1) is 17.2 Å². The van der Waals surface area contributed by atoms with Crippen LogP contribution in [0.25, 0.3) is 0 Å². The molecular formula is C31H37FN10OS. The Morgan fingerprint density at radius 3 is 2.91 bits per heavy atom. The van der Waals surface area contributed by atoms with Crippen molar-refractivity contribution in [1.29, 1.82) is 5.26 Å². The first-order chi connectivity index (χ1) is 21.3. The van der Waals surface area contributed by atoms with E-state index in [9.17, 15) is 9.65 Å². The smallest absolute Gasteiger partial charge is 0.323 e. The minimum absolute atomic E-state index is 0.0990. The van der Waals surface area contributed by atoms with Gasteiger partial charge in [-0.15, -0.1) is 11.3 Å². The summed E-state index contributed by atoms with van der Waals surface area (Å²) in [6.07, 6.45) is 4.40. The standard InChI is InChI=1S/C31H37FN10OS/c1-3-42(17(2)19-6-4-8-36-25(19)34)28-37-27(38-29(39-28)43-16-30-7-5-9-41(30)13-18(32)11-30)40-14-31(15-40)22-10-20(22)24-23(31)21(12-33)26(35)44-24/h4,6,8,17-18,20,22H,3,5,7,9-11,13-16,35H2,1-2H3,(H2,34,36)/t17-,18-,20?,22?,30+/m1/s1. The highest BCUT2D eigenvalue weighted by Gasteiger charge is 2.68. The molecule has 6 heterocycles. The van der Waals surface area contributed by atoms with Crippen LogP contribution in [0.3, 0.4) is 0 Å². The second kappa shape index (κ2) is 9.87. The summed E-state index contributed by atoms with van der Waals surface area (Å²) in [4.78, 5) is 26.7. The molecule has 0 aromatic carbocycles. The predicted molar refractivity (Wildman–Crippen MR) is 167 cm³/mol. The molecule has 8 rings (SSSR count). The van der Waals surface area contributed by atoms with E-state index >= 15 is 0 Å². The van der Waals surface area contributed by atoms with Gasteiger partial charge in [0.2, 0.25) is 11.9 Å². The average molecular weight is 617 g/mol. The molecule has 5 aliphatic rings. The zero-order valence-corrected chi connectivity index (χ0v) is 25.9. The summed E-state index contributed by atoms with van der Waals surface area (Å²) in [5.74, 6) is 2.55. The highest BCUT2D eigenvalue weighted by molar-refractivity contribution is 7.16. The van der Waals surface area contributed by atoms with E-state index in [2.05, 4.69) is 39.6 Å². The number of ether oxygens (including phenoxy) is 1. The molecule has 3 aliphatic heterocycles. The lowest BCUT2D eigenvalue weighted by atomic mass is 9.71. The molecule has 0 radical (unpaired) electrons. The molecule has 2 unspecified atom stereocenters. The minimum Gasteiger partial charge on any atom is -0.461 e. The topological polar surface area (TPSA) is 146 Å². The number of nitriles is 1. The lowest BCUT2D eigenvalue weighted by Gasteiger charge is -2.50. The SMILES string of the molecule is CCN(c1nc(OC[C@@]23CCCN2C[C@H](F)C3)nc(N2CC3(C2)c2c(sc(N)c2C#N)C2CC23)n1)[C@H](C)c1cccnc1N. The van der Waals surface area contributed by atoms with Gasteiger partial charge in [0.25, 0.3) is 0 Å². The number of hydrogen-bond acceptors (Lipinski definition) is 12. The normalized spacial score (nSPS) is 28.2. The van der Waals surface area contributed by atoms with Crippen molar-refractivity contribution in [3.05, 3.63) is 39.9 Å². The van der Waals surface area contributed by atoms with Crippen LogP contribution in [0.4, 0.5) is 27.1 Å². The highest BCUT2D eigenvalue weighted by Crippen LogP contribution is 2.71. The molecule has 1 saturated carbocycles. The highest BCUT2D eigenvalue weighted by atomic mass is 32.1. The van der Waals surface area contributed by atoms with Crippen LogP contribution in [-0.2, 0) is 5.41 Å². The van der Waals surface area contributed by atoms with Gasteiger partial charge in [0.15, 0.2) is 0 Å². The number of nitrogens with two attached hydrogens (primary N) is 2. The maximum absolute atomic E-state index is 14.5.